The number of nitrogens with zero attached hydrogens (tertiary/aromatic N) is 4. The van der Waals surface area contributed by atoms with E-state index in [-0.39, 0.29) is 0 Å². The highest BCUT2D eigenvalue weighted by Gasteiger charge is 2.10. The van der Waals surface area contributed by atoms with Crippen molar-refractivity contribution in [2.75, 3.05) is 5.73 Å². The normalized spacial score (nSPS) is 10.6. The Morgan fingerprint density at radius 1 is 1.27 bits per heavy atom. The predicted octanol–water partition coefficient (Wildman–Crippen LogP) is 1.08. The van der Waals surface area contributed by atoms with Gasteiger partial charge < -0.3 is 5.73 Å². The maximum Gasteiger partial charge on any atom is 0.130 e. The first kappa shape index (κ1) is 9.64. The van der Waals surface area contributed by atoms with E-state index in [1.807, 2.05) is 27.1 Å². The highest BCUT2D eigenvalue weighted by molar-refractivity contribution is 5.65. The van der Waals surface area contributed by atoms with Gasteiger partial charge in [-0.2, -0.15) is 5.10 Å². The van der Waals surface area contributed by atoms with Gasteiger partial charge in [0.2, 0.25) is 0 Å². The molecule has 0 fully saturated rings. The second-order valence-electron chi connectivity index (χ2n) is 3.53. The number of hydrogen-bond acceptors (Lipinski definition) is 4. The zero-order chi connectivity index (χ0) is 11.0. The van der Waals surface area contributed by atoms with Crippen molar-refractivity contribution in [2.24, 2.45) is 7.05 Å². The maximum absolute atomic E-state index is 5.79. The molecule has 0 atom stereocenters. The molecule has 2 heterocycles. The minimum absolute atomic E-state index is 0.529. The minimum atomic E-state index is 0.529. The van der Waals surface area contributed by atoms with Crippen LogP contribution in [0.4, 0.5) is 5.82 Å². The minimum Gasteiger partial charge on any atom is -0.383 e. The zero-order valence-corrected chi connectivity index (χ0v) is 9.02. The van der Waals surface area contributed by atoms with E-state index in [9.17, 15) is 0 Å². The van der Waals surface area contributed by atoms with Crippen LogP contribution in [-0.4, -0.2) is 19.7 Å². The van der Waals surface area contributed by atoms with Crippen molar-refractivity contribution < 1.29 is 0 Å². The fourth-order valence-electron chi connectivity index (χ4n) is 1.47. The summed E-state index contributed by atoms with van der Waals surface area (Å²) >= 11 is 0. The van der Waals surface area contributed by atoms with Crippen molar-refractivity contribution in [2.45, 2.75) is 13.8 Å². The van der Waals surface area contributed by atoms with Crippen molar-refractivity contribution in [3.8, 4) is 11.3 Å². The van der Waals surface area contributed by atoms with Gasteiger partial charge >= 0.3 is 0 Å². The second kappa shape index (κ2) is 3.34. The SMILES string of the molecule is Cc1nc(N)c(C)c(-c2cnn(C)c2)n1. The summed E-state index contributed by atoms with van der Waals surface area (Å²) < 4.78 is 1.74. The third-order valence-electron chi connectivity index (χ3n) is 2.27. The molecule has 0 aliphatic heterocycles. The van der Waals surface area contributed by atoms with Crippen LogP contribution in [0.3, 0.4) is 0 Å². The van der Waals surface area contributed by atoms with Gasteiger partial charge in [-0.1, -0.05) is 0 Å². The summed E-state index contributed by atoms with van der Waals surface area (Å²) in [5.41, 5.74) is 8.50. The molecule has 0 unspecified atom stereocenters. The first-order valence-corrected chi connectivity index (χ1v) is 4.67. The average Bonchev–Trinajstić information content (AvgIpc) is 2.58. The molecule has 5 nitrogen and oxygen atoms in total. The first-order valence-electron chi connectivity index (χ1n) is 4.67. The molecule has 0 radical (unpaired) electrons. The van der Waals surface area contributed by atoms with Gasteiger partial charge in [0.05, 0.1) is 11.9 Å². The predicted molar refractivity (Wildman–Crippen MR) is 58.1 cm³/mol. The summed E-state index contributed by atoms with van der Waals surface area (Å²) in [6.45, 7) is 3.74. The molecule has 2 rings (SSSR count). The van der Waals surface area contributed by atoms with Gasteiger partial charge in [-0.15, -0.1) is 0 Å². The molecule has 0 aromatic carbocycles. The summed E-state index contributed by atoms with van der Waals surface area (Å²) in [4.78, 5) is 8.48. The van der Waals surface area contributed by atoms with E-state index in [1.54, 1.807) is 10.9 Å². The summed E-state index contributed by atoms with van der Waals surface area (Å²) in [6, 6.07) is 0. The Balaban J connectivity index is 2.62. The summed E-state index contributed by atoms with van der Waals surface area (Å²) in [5, 5.41) is 4.11. The number of aromatic nitrogens is 4. The van der Waals surface area contributed by atoms with Crippen molar-refractivity contribution in [1.29, 1.82) is 0 Å². The molecule has 2 aromatic rings. The van der Waals surface area contributed by atoms with E-state index < -0.39 is 0 Å². The molecule has 15 heavy (non-hydrogen) atoms. The summed E-state index contributed by atoms with van der Waals surface area (Å²) in [6.07, 6.45) is 3.68. The lowest BCUT2D eigenvalue weighted by atomic mass is 10.1. The smallest absolute Gasteiger partial charge is 0.130 e. The number of nitrogens with two attached hydrogens (primary N) is 1. The Hall–Kier alpha value is -1.91. The fraction of sp³-hybridized carbons (Fsp3) is 0.300. The van der Waals surface area contributed by atoms with Crippen molar-refractivity contribution in [3.05, 3.63) is 23.8 Å². The number of anilines is 1. The second-order valence-corrected chi connectivity index (χ2v) is 3.53. The van der Waals surface area contributed by atoms with Crippen LogP contribution in [0.25, 0.3) is 11.3 Å². The van der Waals surface area contributed by atoms with Gasteiger partial charge in [-0.25, -0.2) is 9.97 Å². The largest absolute Gasteiger partial charge is 0.383 e. The molecule has 0 saturated carbocycles. The van der Waals surface area contributed by atoms with Crippen LogP contribution in [0.15, 0.2) is 12.4 Å². The van der Waals surface area contributed by atoms with Gasteiger partial charge in [0.15, 0.2) is 0 Å². The number of aryl methyl sites for hydroxylation is 2. The average molecular weight is 203 g/mol. The van der Waals surface area contributed by atoms with Crippen molar-refractivity contribution in [3.63, 3.8) is 0 Å². The Morgan fingerprint density at radius 3 is 2.60 bits per heavy atom. The molecule has 0 aliphatic carbocycles. The molecule has 2 N–H and O–H groups in total. The van der Waals surface area contributed by atoms with Crippen LogP contribution in [-0.2, 0) is 7.05 Å². The fourth-order valence-corrected chi connectivity index (χ4v) is 1.47. The summed E-state index contributed by atoms with van der Waals surface area (Å²) in [5.74, 6) is 1.21. The van der Waals surface area contributed by atoms with E-state index in [1.165, 1.54) is 0 Å². The van der Waals surface area contributed by atoms with Crippen LogP contribution in [0.2, 0.25) is 0 Å². The monoisotopic (exact) mass is 203 g/mol. The van der Waals surface area contributed by atoms with Crippen LogP contribution in [0.1, 0.15) is 11.4 Å². The molecular formula is C10H13N5. The number of hydrogen-bond donors (Lipinski definition) is 1. The molecule has 2 aromatic heterocycles. The molecule has 78 valence electrons. The van der Waals surface area contributed by atoms with E-state index in [0.29, 0.717) is 11.6 Å². The van der Waals surface area contributed by atoms with E-state index in [0.717, 1.165) is 16.8 Å². The first-order chi connectivity index (χ1) is 7.08. The van der Waals surface area contributed by atoms with E-state index >= 15 is 0 Å². The van der Waals surface area contributed by atoms with Crippen LogP contribution in [0.5, 0.6) is 0 Å². The molecule has 0 saturated heterocycles. The molecular weight excluding hydrogens is 190 g/mol. The Bertz CT molecular complexity index is 501. The maximum atomic E-state index is 5.79. The third-order valence-corrected chi connectivity index (χ3v) is 2.27. The lowest BCUT2D eigenvalue weighted by Crippen LogP contribution is -2.01. The number of nitrogen functional groups attached to an aromatic ring is 1. The lowest BCUT2D eigenvalue weighted by Gasteiger charge is -2.05. The topological polar surface area (TPSA) is 69.6 Å². The van der Waals surface area contributed by atoms with Gasteiger partial charge in [-0.05, 0) is 13.8 Å². The van der Waals surface area contributed by atoms with Crippen molar-refractivity contribution in [1.82, 2.24) is 19.7 Å². The highest BCUT2D eigenvalue weighted by atomic mass is 15.2. The standard InChI is InChI=1S/C10H13N5/c1-6-9(8-4-12-15(3)5-8)13-7(2)14-10(6)11/h4-5H,1-3H3,(H2,11,13,14). The molecule has 0 aliphatic rings. The Labute approximate surface area is 88.0 Å². The van der Waals surface area contributed by atoms with E-state index in [2.05, 4.69) is 15.1 Å². The van der Waals surface area contributed by atoms with Crippen LogP contribution >= 0.6 is 0 Å². The Kier molecular flexibility index (Phi) is 2.15. The van der Waals surface area contributed by atoms with Crippen LogP contribution in [0, 0.1) is 13.8 Å². The Morgan fingerprint density at radius 2 is 2.00 bits per heavy atom. The van der Waals surface area contributed by atoms with Gasteiger partial charge in [-0.3, -0.25) is 4.68 Å². The molecule has 0 spiro atoms. The van der Waals surface area contributed by atoms with Crippen LogP contribution < -0.4 is 5.73 Å². The zero-order valence-electron chi connectivity index (χ0n) is 9.02. The third kappa shape index (κ3) is 1.68. The number of rotatable bonds is 1. The molecule has 0 amide bonds. The van der Waals surface area contributed by atoms with Gasteiger partial charge in [0, 0.05) is 24.4 Å². The highest BCUT2D eigenvalue weighted by Crippen LogP contribution is 2.23. The van der Waals surface area contributed by atoms with Crippen molar-refractivity contribution >= 4 is 5.82 Å². The van der Waals surface area contributed by atoms with Gasteiger partial charge in [0.1, 0.15) is 11.6 Å². The molecule has 0 bridgehead atoms. The summed E-state index contributed by atoms with van der Waals surface area (Å²) in [7, 11) is 1.87. The van der Waals surface area contributed by atoms with E-state index in [4.69, 9.17) is 5.73 Å². The lowest BCUT2D eigenvalue weighted by molar-refractivity contribution is 0.768. The molecule has 5 heteroatoms. The van der Waals surface area contributed by atoms with Gasteiger partial charge in [0.25, 0.3) is 0 Å². The quantitative estimate of drug-likeness (QED) is 0.752.